The number of methoxy groups -OCH3 is 1. The number of carbonyl (C=O) groups excluding carboxylic acids is 3. The lowest BCUT2D eigenvalue weighted by atomic mass is 9.73. The van der Waals surface area contributed by atoms with E-state index in [-0.39, 0.29) is 54.8 Å². The molecule has 2 N–H and O–H groups in total. The third-order valence-corrected chi connectivity index (χ3v) is 12.6. The molecule has 5 aliphatic rings. The number of ether oxygens (including phenoxy) is 2. The van der Waals surface area contributed by atoms with Gasteiger partial charge < -0.3 is 19.4 Å². The Balaban J connectivity index is 1.25. The van der Waals surface area contributed by atoms with Gasteiger partial charge in [0.15, 0.2) is 0 Å². The van der Waals surface area contributed by atoms with Crippen LogP contribution in [0.25, 0.3) is 33.4 Å². The maximum atomic E-state index is 14.2. The molecule has 0 spiro atoms. The summed E-state index contributed by atoms with van der Waals surface area (Å²) in [5.41, 5.74) is 10.1. The van der Waals surface area contributed by atoms with Gasteiger partial charge in [-0.3, -0.25) is 24.4 Å². The monoisotopic (exact) mass is 724 g/mol. The molecule has 3 aliphatic heterocycles. The van der Waals surface area contributed by atoms with E-state index in [0.717, 1.165) is 69.8 Å². The number of aryl methyl sites for hydroxylation is 1. The number of hydrogen-bond donors (Lipinski definition) is 2. The summed E-state index contributed by atoms with van der Waals surface area (Å²) in [7, 11) is 1.71. The fourth-order valence-electron chi connectivity index (χ4n) is 8.37. The predicted molar refractivity (Wildman–Crippen MR) is 199 cm³/mol. The molecule has 0 radical (unpaired) electrons. The largest absolute Gasteiger partial charge is 0.464 e. The van der Waals surface area contributed by atoms with Crippen molar-refractivity contribution in [1.29, 1.82) is 0 Å². The topological polar surface area (TPSA) is 128 Å². The van der Waals surface area contributed by atoms with Crippen LogP contribution in [-0.4, -0.2) is 69.2 Å². The molecule has 3 aromatic heterocycles. The van der Waals surface area contributed by atoms with Crippen LogP contribution in [-0.2, 0) is 43.2 Å². The molecular formula is C40H48N6O5S. The molecule has 4 fully saturated rings. The summed E-state index contributed by atoms with van der Waals surface area (Å²) in [5.74, 6) is -0.366. The van der Waals surface area contributed by atoms with Crippen LogP contribution in [0.15, 0.2) is 42.0 Å². The molecule has 274 valence electrons. The number of cyclic esters (lactones) is 1. The first-order valence-corrected chi connectivity index (χ1v) is 19.5. The van der Waals surface area contributed by atoms with E-state index in [4.69, 9.17) is 14.5 Å². The summed E-state index contributed by atoms with van der Waals surface area (Å²) in [6, 6.07) is 7.10. The van der Waals surface area contributed by atoms with Crippen LogP contribution in [0, 0.1) is 23.2 Å². The number of fused-ring (bicyclic) bond motifs is 4. The lowest BCUT2D eigenvalue weighted by molar-refractivity contribution is -0.171. The van der Waals surface area contributed by atoms with Crippen molar-refractivity contribution in [3.8, 4) is 22.5 Å². The van der Waals surface area contributed by atoms with Gasteiger partial charge >= 0.3 is 5.97 Å². The summed E-state index contributed by atoms with van der Waals surface area (Å²) in [6.07, 6.45) is 6.73. The Morgan fingerprint density at radius 3 is 2.73 bits per heavy atom. The third kappa shape index (κ3) is 6.22. The second-order valence-electron chi connectivity index (χ2n) is 16.0. The van der Waals surface area contributed by atoms with Gasteiger partial charge in [-0.25, -0.2) is 10.4 Å². The maximum absolute atomic E-state index is 14.2. The molecule has 12 heteroatoms. The Labute approximate surface area is 308 Å². The van der Waals surface area contributed by atoms with Gasteiger partial charge in [0.1, 0.15) is 12.1 Å². The second-order valence-corrected chi connectivity index (χ2v) is 16.9. The van der Waals surface area contributed by atoms with Crippen molar-refractivity contribution >= 4 is 40.0 Å². The highest BCUT2D eigenvalue weighted by atomic mass is 32.1. The second kappa shape index (κ2) is 13.4. The molecule has 8 bridgehead atoms. The van der Waals surface area contributed by atoms with Crippen molar-refractivity contribution in [2.75, 3.05) is 13.7 Å². The van der Waals surface area contributed by atoms with Crippen LogP contribution in [0.5, 0.6) is 0 Å². The zero-order valence-corrected chi connectivity index (χ0v) is 31.6. The van der Waals surface area contributed by atoms with Crippen LogP contribution in [0.4, 0.5) is 0 Å². The van der Waals surface area contributed by atoms with Crippen molar-refractivity contribution in [3.05, 3.63) is 58.2 Å². The first-order valence-electron chi connectivity index (χ1n) is 18.6. The van der Waals surface area contributed by atoms with Crippen LogP contribution >= 0.6 is 11.3 Å². The van der Waals surface area contributed by atoms with Gasteiger partial charge in [0.2, 0.25) is 5.91 Å². The number of carbonyl (C=O) groups is 3. The highest BCUT2D eigenvalue weighted by Crippen LogP contribution is 2.43. The maximum Gasteiger partial charge on any atom is 0.325 e. The lowest BCUT2D eigenvalue weighted by Gasteiger charge is -2.53. The summed E-state index contributed by atoms with van der Waals surface area (Å²) in [6.45, 7) is 11.5. The quantitative estimate of drug-likeness (QED) is 0.237. The first-order chi connectivity index (χ1) is 25.0. The number of amides is 2. The summed E-state index contributed by atoms with van der Waals surface area (Å²) in [5, 5.41) is 8.59. The number of esters is 1. The highest BCUT2D eigenvalue weighted by molar-refractivity contribution is 7.10. The normalized spacial score (nSPS) is 27.4. The minimum Gasteiger partial charge on any atom is -0.464 e. The van der Waals surface area contributed by atoms with Crippen LogP contribution in [0.2, 0.25) is 0 Å². The lowest BCUT2D eigenvalue weighted by Crippen LogP contribution is -2.71. The van der Waals surface area contributed by atoms with Gasteiger partial charge in [-0.15, -0.1) is 11.3 Å². The van der Waals surface area contributed by atoms with Crippen LogP contribution in [0.3, 0.4) is 0 Å². The summed E-state index contributed by atoms with van der Waals surface area (Å²) >= 11 is 1.50. The van der Waals surface area contributed by atoms with Crippen molar-refractivity contribution < 1.29 is 23.9 Å². The van der Waals surface area contributed by atoms with Crippen LogP contribution < -0.4 is 10.7 Å². The van der Waals surface area contributed by atoms with Gasteiger partial charge in [-0.1, -0.05) is 26.8 Å². The number of hydrogen-bond acceptors (Lipinski definition) is 9. The summed E-state index contributed by atoms with van der Waals surface area (Å²) in [4.78, 5) is 50.8. The van der Waals surface area contributed by atoms with E-state index in [2.05, 4.69) is 72.3 Å². The van der Waals surface area contributed by atoms with E-state index >= 15 is 0 Å². The number of nitrogens with zero attached hydrogens (tertiary/aromatic N) is 4. The zero-order valence-electron chi connectivity index (χ0n) is 30.8. The fourth-order valence-corrected chi connectivity index (χ4v) is 9.22. The Bertz CT molecular complexity index is 2050. The SMILES string of the molecule is CCn1c(-c2ccncc2C(C)OC)c2c3cc(ccc31)-c1csc(n1)CC(NC(=O)C1CC1C)C(=O)N1NC(C(=O)OCC(C)(C)C2)C2CC1C2. The van der Waals surface area contributed by atoms with Crippen molar-refractivity contribution in [1.82, 2.24) is 30.3 Å². The minimum atomic E-state index is -0.808. The average Bonchev–Trinajstić information content (AvgIpc) is 3.55. The Hall–Kier alpha value is -4.13. The van der Waals surface area contributed by atoms with Gasteiger partial charge in [0, 0.05) is 82.8 Å². The van der Waals surface area contributed by atoms with E-state index in [1.807, 2.05) is 24.7 Å². The van der Waals surface area contributed by atoms with E-state index < -0.39 is 17.5 Å². The van der Waals surface area contributed by atoms with E-state index in [1.54, 1.807) is 12.1 Å². The predicted octanol–water partition coefficient (Wildman–Crippen LogP) is 5.86. The number of thiazole rings is 1. The minimum absolute atomic E-state index is 0.0280. The van der Waals surface area contributed by atoms with Gasteiger partial charge in [0.25, 0.3) is 5.91 Å². The fraction of sp³-hybridized carbons (Fsp3) is 0.525. The van der Waals surface area contributed by atoms with E-state index in [0.29, 0.717) is 12.3 Å². The van der Waals surface area contributed by atoms with Gasteiger partial charge in [-0.2, -0.15) is 0 Å². The number of pyridine rings is 1. The molecule has 9 rings (SSSR count). The zero-order chi connectivity index (χ0) is 36.5. The number of hydrazine groups is 1. The van der Waals surface area contributed by atoms with Crippen molar-refractivity contribution in [3.63, 3.8) is 0 Å². The number of nitrogens with one attached hydrogen (secondary N) is 2. The molecule has 1 aromatic carbocycles. The Kier molecular flexibility index (Phi) is 8.98. The molecular weight excluding hydrogens is 677 g/mol. The highest BCUT2D eigenvalue weighted by Gasteiger charge is 2.51. The average molecular weight is 725 g/mol. The van der Waals surface area contributed by atoms with Crippen LogP contribution in [0.1, 0.15) is 76.1 Å². The van der Waals surface area contributed by atoms with Gasteiger partial charge in [0.05, 0.1) is 29.1 Å². The van der Waals surface area contributed by atoms with Crippen molar-refractivity contribution in [2.45, 2.75) is 97.5 Å². The molecule has 11 nitrogen and oxygen atoms in total. The van der Waals surface area contributed by atoms with Crippen molar-refractivity contribution in [2.24, 2.45) is 23.2 Å². The number of rotatable bonds is 6. The molecule has 4 aromatic rings. The number of aromatic nitrogens is 3. The molecule has 2 saturated carbocycles. The first kappa shape index (κ1) is 34.9. The Morgan fingerprint density at radius 2 is 2.00 bits per heavy atom. The molecule has 2 aliphatic carbocycles. The van der Waals surface area contributed by atoms with E-state index in [9.17, 15) is 14.4 Å². The molecule has 6 heterocycles. The molecule has 52 heavy (non-hydrogen) atoms. The summed E-state index contributed by atoms with van der Waals surface area (Å²) < 4.78 is 14.3. The third-order valence-electron chi connectivity index (χ3n) is 11.7. The Morgan fingerprint density at radius 1 is 1.21 bits per heavy atom. The molecule has 2 saturated heterocycles. The molecule has 2 amide bonds. The van der Waals surface area contributed by atoms with E-state index in [1.165, 1.54) is 16.9 Å². The smallest absolute Gasteiger partial charge is 0.325 e. The molecule has 5 atom stereocenters. The number of benzene rings is 1. The molecule has 5 unspecified atom stereocenters. The van der Waals surface area contributed by atoms with Gasteiger partial charge in [-0.05, 0) is 75.1 Å². The standard InChI is InChI=1S/C40H48N6O5S/c1-7-45-33-9-8-23-15-28(33)29(36(45)26-10-11-41-18-30(26)22(3)50-6)17-40(4,5)20-51-39(49)35-24-13-25(14-24)46(44-35)38(48)31(16-34-42-32(23)19-52-34)43-37(47)27-12-21(27)2/h8-11,15,18-19,21-22,24-25,27,31,35,44H,7,12-14,16-17,20H2,1-6H3,(H,43,47).